The number of nitrogens with zero attached hydrogens (tertiary/aromatic N) is 5. The van der Waals surface area contributed by atoms with Crippen LogP contribution in [0.4, 0.5) is 17.3 Å². The molecule has 5 nitrogen and oxygen atoms in total. The van der Waals surface area contributed by atoms with Gasteiger partial charge in [0.15, 0.2) is 11.6 Å². The van der Waals surface area contributed by atoms with Gasteiger partial charge in [0.25, 0.3) is 0 Å². The van der Waals surface area contributed by atoms with Gasteiger partial charge in [-0.3, -0.25) is 14.3 Å². The SMILES string of the molecule is [Pt+2].[c-]1ccccc1-n1nc(N(c2ccccc2)c2cc(-c3ccccc3)n(-c3[c-]cccc3)n2)cc1-c1ccccc1. The molecule has 7 aromatic rings. The number of rotatable bonds is 7. The van der Waals surface area contributed by atoms with Gasteiger partial charge in [0.2, 0.25) is 0 Å². The molecule has 6 heteroatoms. The molecule has 0 N–H and O–H groups in total. The van der Waals surface area contributed by atoms with E-state index in [0.717, 1.165) is 51.2 Å². The molecular formula is C36H25N5Pt. The van der Waals surface area contributed by atoms with Crippen LogP contribution in [0.25, 0.3) is 33.9 Å². The van der Waals surface area contributed by atoms with Crippen LogP contribution in [-0.4, -0.2) is 19.6 Å². The number of hydrogen-bond acceptors (Lipinski definition) is 3. The first-order valence-electron chi connectivity index (χ1n) is 13.5. The molecule has 0 spiro atoms. The third-order valence-electron chi connectivity index (χ3n) is 6.85. The summed E-state index contributed by atoms with van der Waals surface area (Å²) in [6.07, 6.45) is 0. The van der Waals surface area contributed by atoms with E-state index in [2.05, 4.69) is 65.6 Å². The van der Waals surface area contributed by atoms with Crippen LogP contribution in [0.15, 0.2) is 152 Å². The van der Waals surface area contributed by atoms with E-state index in [9.17, 15) is 0 Å². The predicted octanol–water partition coefficient (Wildman–Crippen LogP) is 8.46. The molecule has 204 valence electrons. The van der Waals surface area contributed by atoms with Crippen LogP contribution in [0, 0.1) is 12.1 Å². The number of aromatic nitrogens is 4. The van der Waals surface area contributed by atoms with Crippen LogP contribution in [0.5, 0.6) is 0 Å². The van der Waals surface area contributed by atoms with Gasteiger partial charge in [-0.1, -0.05) is 78.9 Å². The van der Waals surface area contributed by atoms with Gasteiger partial charge in [-0.25, -0.2) is 0 Å². The number of para-hydroxylation sites is 3. The second-order valence-electron chi connectivity index (χ2n) is 9.50. The molecular weight excluding hydrogens is 698 g/mol. The standard InChI is InChI=1S/C36H25N5.Pt/c1-6-16-28(17-7-1)33-26-35(37-40(33)31-22-12-4-13-23-31)39(30-20-10-3-11-21-30)36-27-34(29-18-8-2-9-19-29)41(38-36)32-24-14-5-15-25-32;/h1-22,24,26-27H;/q-2;+2. The van der Waals surface area contributed by atoms with Crippen LogP contribution in [0.1, 0.15) is 0 Å². The molecule has 42 heavy (non-hydrogen) atoms. The van der Waals surface area contributed by atoms with Crippen molar-refractivity contribution in [3.63, 3.8) is 0 Å². The molecule has 2 heterocycles. The summed E-state index contributed by atoms with van der Waals surface area (Å²) in [6.45, 7) is 0. The predicted molar refractivity (Wildman–Crippen MR) is 164 cm³/mol. The monoisotopic (exact) mass is 722 g/mol. The first kappa shape index (κ1) is 27.2. The smallest absolute Gasteiger partial charge is 0.276 e. The topological polar surface area (TPSA) is 38.9 Å². The van der Waals surface area contributed by atoms with Gasteiger partial charge in [-0.05, 0) is 23.5 Å². The van der Waals surface area contributed by atoms with Gasteiger partial charge in [0.05, 0.1) is 11.4 Å². The van der Waals surface area contributed by atoms with Crippen molar-refractivity contribution in [2.75, 3.05) is 4.90 Å². The summed E-state index contributed by atoms with van der Waals surface area (Å²) in [5, 5.41) is 10.3. The summed E-state index contributed by atoms with van der Waals surface area (Å²) in [6, 6.07) is 57.5. The van der Waals surface area contributed by atoms with E-state index in [0.29, 0.717) is 0 Å². The normalized spacial score (nSPS) is 10.7. The molecule has 2 aromatic heterocycles. The van der Waals surface area contributed by atoms with Crippen molar-refractivity contribution in [1.29, 1.82) is 0 Å². The maximum absolute atomic E-state index is 5.15. The average Bonchev–Trinajstić information content (AvgIpc) is 3.69. The first-order chi connectivity index (χ1) is 20.3. The van der Waals surface area contributed by atoms with Crippen molar-refractivity contribution >= 4 is 17.3 Å². The second kappa shape index (κ2) is 12.3. The Hall–Kier alpha value is -4.99. The van der Waals surface area contributed by atoms with Crippen LogP contribution < -0.4 is 4.90 Å². The van der Waals surface area contributed by atoms with E-state index < -0.39 is 0 Å². The number of benzene rings is 5. The van der Waals surface area contributed by atoms with Gasteiger partial charge in [0.1, 0.15) is 0 Å². The van der Waals surface area contributed by atoms with Gasteiger partial charge in [-0.2, -0.15) is 58.7 Å². The van der Waals surface area contributed by atoms with Crippen LogP contribution in [-0.2, 0) is 21.1 Å². The average molecular weight is 723 g/mol. The molecule has 0 bridgehead atoms. The van der Waals surface area contributed by atoms with Gasteiger partial charge >= 0.3 is 21.1 Å². The molecule has 0 aliphatic rings. The molecule has 0 aliphatic heterocycles. The Balaban J connectivity index is 0.00000316. The van der Waals surface area contributed by atoms with Crippen molar-refractivity contribution in [3.05, 3.63) is 164 Å². The molecule has 0 aliphatic carbocycles. The van der Waals surface area contributed by atoms with E-state index in [-0.39, 0.29) is 21.1 Å². The Morgan fingerprint density at radius 3 is 1.29 bits per heavy atom. The van der Waals surface area contributed by atoms with Gasteiger partial charge in [-0.15, -0.1) is 12.1 Å². The first-order valence-corrected chi connectivity index (χ1v) is 13.5. The second-order valence-corrected chi connectivity index (χ2v) is 9.50. The fourth-order valence-corrected chi connectivity index (χ4v) is 4.94. The summed E-state index contributed by atoms with van der Waals surface area (Å²) < 4.78 is 3.89. The molecule has 0 amide bonds. The van der Waals surface area contributed by atoms with Crippen molar-refractivity contribution < 1.29 is 21.1 Å². The Kier molecular flexibility index (Phi) is 7.93. The van der Waals surface area contributed by atoms with Crippen molar-refractivity contribution in [1.82, 2.24) is 19.6 Å². The Morgan fingerprint density at radius 2 is 0.881 bits per heavy atom. The minimum atomic E-state index is 0. The van der Waals surface area contributed by atoms with Crippen LogP contribution in [0.2, 0.25) is 0 Å². The van der Waals surface area contributed by atoms with E-state index >= 15 is 0 Å². The largest absolute Gasteiger partial charge is 2.00 e. The molecule has 0 unspecified atom stereocenters. The Morgan fingerprint density at radius 1 is 0.476 bits per heavy atom. The van der Waals surface area contributed by atoms with E-state index in [1.807, 2.05) is 112 Å². The van der Waals surface area contributed by atoms with Crippen molar-refractivity contribution in [2.45, 2.75) is 0 Å². The molecule has 0 radical (unpaired) electrons. The molecule has 0 atom stereocenters. The summed E-state index contributed by atoms with van der Waals surface area (Å²) in [4.78, 5) is 2.09. The molecule has 0 fully saturated rings. The maximum Gasteiger partial charge on any atom is 2.00 e. The number of anilines is 3. The molecule has 0 saturated carbocycles. The third-order valence-corrected chi connectivity index (χ3v) is 6.85. The summed E-state index contributed by atoms with van der Waals surface area (Å²) in [5.74, 6) is 1.49. The Labute approximate surface area is 259 Å². The van der Waals surface area contributed by atoms with Crippen molar-refractivity contribution in [2.24, 2.45) is 0 Å². The van der Waals surface area contributed by atoms with E-state index in [1.165, 1.54) is 0 Å². The zero-order chi connectivity index (χ0) is 27.4. The maximum atomic E-state index is 5.15. The third kappa shape index (κ3) is 5.35. The zero-order valence-electron chi connectivity index (χ0n) is 22.5. The number of hydrogen-bond donors (Lipinski definition) is 0. The minimum Gasteiger partial charge on any atom is -0.276 e. The van der Waals surface area contributed by atoms with Gasteiger partial charge in [0, 0.05) is 28.9 Å². The van der Waals surface area contributed by atoms with Gasteiger partial charge < -0.3 is 0 Å². The summed E-state index contributed by atoms with van der Waals surface area (Å²) in [5.41, 5.74) is 6.72. The fourth-order valence-electron chi connectivity index (χ4n) is 4.94. The Bertz CT molecular complexity index is 1630. The van der Waals surface area contributed by atoms with Crippen LogP contribution >= 0.6 is 0 Å². The molecule has 0 saturated heterocycles. The quantitative estimate of drug-likeness (QED) is 0.155. The zero-order valence-corrected chi connectivity index (χ0v) is 24.8. The van der Waals surface area contributed by atoms with Crippen LogP contribution in [0.3, 0.4) is 0 Å². The van der Waals surface area contributed by atoms with E-state index in [4.69, 9.17) is 10.2 Å². The fraction of sp³-hybridized carbons (Fsp3) is 0. The summed E-state index contributed by atoms with van der Waals surface area (Å²) in [7, 11) is 0. The van der Waals surface area contributed by atoms with E-state index in [1.54, 1.807) is 0 Å². The molecule has 7 rings (SSSR count). The molecule has 5 aromatic carbocycles. The van der Waals surface area contributed by atoms with Crippen molar-refractivity contribution in [3.8, 4) is 33.9 Å². The minimum absolute atomic E-state index is 0. The summed E-state index contributed by atoms with van der Waals surface area (Å²) >= 11 is 0.